The molecule has 4 atom stereocenters. The summed E-state index contributed by atoms with van der Waals surface area (Å²) in [4.78, 5) is 72.6. The lowest BCUT2D eigenvalue weighted by molar-refractivity contribution is -0.145. The van der Waals surface area contributed by atoms with E-state index >= 15 is 0 Å². The van der Waals surface area contributed by atoms with Gasteiger partial charge in [0.05, 0.1) is 12.5 Å². The first-order chi connectivity index (χ1) is 16.0. The number of amides is 3. The number of carboxylic acid groups (broad SMARTS) is 3. The minimum Gasteiger partial charge on any atom is -0.481 e. The first-order valence-electron chi connectivity index (χ1n) is 11.0. The average molecular weight is 488 g/mol. The van der Waals surface area contributed by atoms with Crippen molar-refractivity contribution in [1.29, 1.82) is 0 Å². The van der Waals surface area contributed by atoms with E-state index in [9.17, 15) is 33.9 Å². The molecule has 0 aromatic carbocycles. The van der Waals surface area contributed by atoms with E-state index in [0.29, 0.717) is 25.8 Å². The van der Waals surface area contributed by atoms with Crippen LogP contribution in [0.5, 0.6) is 0 Å². The van der Waals surface area contributed by atoms with Gasteiger partial charge in [-0.25, -0.2) is 4.79 Å². The summed E-state index contributed by atoms with van der Waals surface area (Å²) in [5, 5.41) is 31.8. The van der Waals surface area contributed by atoms with E-state index in [0.717, 1.165) is 0 Å². The van der Waals surface area contributed by atoms with Gasteiger partial charge in [0.1, 0.15) is 18.1 Å². The zero-order valence-electron chi connectivity index (χ0n) is 18.8. The minimum atomic E-state index is -1.57. The molecule has 0 spiro atoms. The van der Waals surface area contributed by atoms with Gasteiger partial charge in [-0.1, -0.05) is 0 Å². The van der Waals surface area contributed by atoms with E-state index < -0.39 is 66.2 Å². The van der Waals surface area contributed by atoms with Crippen LogP contribution in [0.15, 0.2) is 0 Å². The standard InChI is InChI=1S/C20H33N5O9/c21-8-2-1-4-12(20(33)34)23-17(30)13(10-16(28)29)24-18(31)14-5-3-9-25(14)19(32)11(22)6-7-15(26)27/h11-14H,1-10,21-22H2,(H,23,30)(H,24,31)(H,26,27)(H,28,29)(H,33,34). The molecule has 1 fully saturated rings. The summed E-state index contributed by atoms with van der Waals surface area (Å²) in [5.41, 5.74) is 11.1. The van der Waals surface area contributed by atoms with Crippen LogP contribution < -0.4 is 22.1 Å². The molecule has 0 aromatic rings. The first-order valence-corrected chi connectivity index (χ1v) is 11.0. The fraction of sp³-hybridized carbons (Fsp3) is 0.700. The third-order valence-corrected chi connectivity index (χ3v) is 5.40. The molecule has 1 aliphatic rings. The average Bonchev–Trinajstić information content (AvgIpc) is 3.25. The third-order valence-electron chi connectivity index (χ3n) is 5.40. The number of carbonyl (C=O) groups is 6. The van der Waals surface area contributed by atoms with Crippen molar-refractivity contribution in [2.24, 2.45) is 11.5 Å². The number of nitrogens with two attached hydrogens (primary N) is 2. The number of nitrogens with one attached hydrogen (secondary N) is 2. The molecule has 0 saturated carbocycles. The fourth-order valence-corrected chi connectivity index (χ4v) is 3.59. The van der Waals surface area contributed by atoms with Crippen molar-refractivity contribution in [2.75, 3.05) is 13.1 Å². The Labute approximate surface area is 196 Å². The van der Waals surface area contributed by atoms with E-state index in [4.69, 9.17) is 21.7 Å². The highest BCUT2D eigenvalue weighted by atomic mass is 16.4. The first kappa shape index (κ1) is 28.8. The highest BCUT2D eigenvalue weighted by molar-refractivity contribution is 5.95. The molecule has 3 amide bonds. The van der Waals surface area contributed by atoms with E-state index in [1.165, 1.54) is 4.90 Å². The van der Waals surface area contributed by atoms with Crippen molar-refractivity contribution in [3.63, 3.8) is 0 Å². The van der Waals surface area contributed by atoms with Crippen LogP contribution in [0.2, 0.25) is 0 Å². The number of hydrogen-bond acceptors (Lipinski definition) is 8. The Morgan fingerprint density at radius 2 is 1.62 bits per heavy atom. The maximum absolute atomic E-state index is 12.8. The second-order valence-corrected chi connectivity index (χ2v) is 8.07. The highest BCUT2D eigenvalue weighted by Crippen LogP contribution is 2.19. The fourth-order valence-electron chi connectivity index (χ4n) is 3.59. The van der Waals surface area contributed by atoms with Crippen molar-refractivity contribution in [1.82, 2.24) is 15.5 Å². The van der Waals surface area contributed by atoms with Gasteiger partial charge in [0, 0.05) is 13.0 Å². The topological polar surface area (TPSA) is 242 Å². The lowest BCUT2D eigenvalue weighted by Crippen LogP contribution is -2.57. The zero-order chi connectivity index (χ0) is 25.8. The monoisotopic (exact) mass is 487 g/mol. The van der Waals surface area contributed by atoms with Gasteiger partial charge in [-0.3, -0.25) is 24.0 Å². The molecule has 0 bridgehead atoms. The van der Waals surface area contributed by atoms with Gasteiger partial charge in [0.25, 0.3) is 0 Å². The van der Waals surface area contributed by atoms with Gasteiger partial charge < -0.3 is 42.3 Å². The van der Waals surface area contributed by atoms with Crippen LogP contribution in [0.4, 0.5) is 0 Å². The molecule has 192 valence electrons. The molecule has 14 nitrogen and oxygen atoms in total. The predicted octanol–water partition coefficient (Wildman–Crippen LogP) is -2.17. The van der Waals surface area contributed by atoms with Crippen LogP contribution in [0.3, 0.4) is 0 Å². The number of hydrogen-bond donors (Lipinski definition) is 7. The molecule has 1 aliphatic heterocycles. The van der Waals surface area contributed by atoms with Gasteiger partial charge in [0.15, 0.2) is 0 Å². The molecule has 1 heterocycles. The number of carboxylic acids is 3. The Morgan fingerprint density at radius 1 is 0.941 bits per heavy atom. The molecule has 9 N–H and O–H groups in total. The molecule has 0 aliphatic carbocycles. The quantitative estimate of drug-likeness (QED) is 0.122. The van der Waals surface area contributed by atoms with Gasteiger partial charge in [-0.2, -0.15) is 0 Å². The summed E-state index contributed by atoms with van der Waals surface area (Å²) >= 11 is 0. The largest absolute Gasteiger partial charge is 0.481 e. The number of carbonyl (C=O) groups excluding carboxylic acids is 3. The SMILES string of the molecule is NCCCCC(NC(=O)C(CC(=O)O)NC(=O)C1CCCN1C(=O)C(N)CCC(=O)O)C(=O)O. The molecule has 0 aromatic heterocycles. The second kappa shape index (κ2) is 14.1. The van der Waals surface area contributed by atoms with E-state index in [1.54, 1.807) is 0 Å². The Hall–Kier alpha value is -3.26. The molecule has 1 saturated heterocycles. The normalized spacial score (nSPS) is 17.9. The molecule has 34 heavy (non-hydrogen) atoms. The molecule has 4 unspecified atom stereocenters. The summed E-state index contributed by atoms with van der Waals surface area (Å²) in [5.74, 6) is -6.22. The Bertz CT molecular complexity index is 776. The second-order valence-electron chi connectivity index (χ2n) is 8.07. The molecule has 0 radical (unpaired) electrons. The lowest BCUT2D eigenvalue weighted by atomic mass is 10.1. The van der Waals surface area contributed by atoms with Crippen LogP contribution >= 0.6 is 0 Å². The van der Waals surface area contributed by atoms with Gasteiger partial charge in [-0.05, 0) is 45.1 Å². The van der Waals surface area contributed by atoms with Crippen LogP contribution in [-0.4, -0.2) is 93.1 Å². The number of nitrogens with zero attached hydrogens (tertiary/aromatic N) is 1. The van der Waals surface area contributed by atoms with Crippen LogP contribution in [-0.2, 0) is 28.8 Å². The van der Waals surface area contributed by atoms with Gasteiger partial charge >= 0.3 is 17.9 Å². The van der Waals surface area contributed by atoms with E-state index in [2.05, 4.69) is 10.6 Å². The van der Waals surface area contributed by atoms with E-state index in [1.807, 2.05) is 0 Å². The summed E-state index contributed by atoms with van der Waals surface area (Å²) in [6.07, 6.45) is 0.476. The van der Waals surface area contributed by atoms with Crippen molar-refractivity contribution >= 4 is 35.6 Å². The minimum absolute atomic E-state index is 0.0746. The smallest absolute Gasteiger partial charge is 0.326 e. The number of aliphatic carboxylic acids is 3. The maximum Gasteiger partial charge on any atom is 0.326 e. The van der Waals surface area contributed by atoms with Crippen molar-refractivity contribution in [3.05, 3.63) is 0 Å². The Balaban J connectivity index is 2.87. The van der Waals surface area contributed by atoms with Crippen molar-refractivity contribution in [3.8, 4) is 0 Å². The number of unbranched alkanes of at least 4 members (excludes halogenated alkanes) is 1. The summed E-state index contributed by atoms with van der Waals surface area (Å²) in [6, 6.07) is -5.01. The predicted molar refractivity (Wildman–Crippen MR) is 116 cm³/mol. The van der Waals surface area contributed by atoms with Crippen LogP contribution in [0.25, 0.3) is 0 Å². The third kappa shape index (κ3) is 9.31. The van der Waals surface area contributed by atoms with E-state index in [-0.39, 0.29) is 32.2 Å². The Kier molecular flexibility index (Phi) is 11.9. The van der Waals surface area contributed by atoms with Gasteiger partial charge in [0.2, 0.25) is 17.7 Å². The highest BCUT2D eigenvalue weighted by Gasteiger charge is 2.38. The zero-order valence-corrected chi connectivity index (χ0v) is 18.8. The van der Waals surface area contributed by atoms with Gasteiger partial charge in [-0.15, -0.1) is 0 Å². The lowest BCUT2D eigenvalue weighted by Gasteiger charge is -2.28. The Morgan fingerprint density at radius 3 is 2.18 bits per heavy atom. The number of likely N-dealkylation sites (tertiary alicyclic amines) is 1. The van der Waals surface area contributed by atoms with Crippen molar-refractivity contribution in [2.45, 2.75) is 75.5 Å². The molecular formula is C20H33N5O9. The molecule has 14 heteroatoms. The summed E-state index contributed by atoms with van der Waals surface area (Å²) < 4.78 is 0. The maximum atomic E-state index is 12.8. The summed E-state index contributed by atoms with van der Waals surface area (Å²) in [6.45, 7) is 0.532. The molecule has 1 rings (SSSR count). The van der Waals surface area contributed by atoms with Crippen LogP contribution in [0, 0.1) is 0 Å². The van der Waals surface area contributed by atoms with Crippen molar-refractivity contribution < 1.29 is 44.1 Å². The summed E-state index contributed by atoms with van der Waals surface area (Å²) in [7, 11) is 0. The number of rotatable bonds is 15. The molecular weight excluding hydrogens is 454 g/mol. The van der Waals surface area contributed by atoms with Crippen LogP contribution in [0.1, 0.15) is 51.4 Å².